The Bertz CT molecular complexity index is 421. The lowest BCUT2D eigenvalue weighted by molar-refractivity contribution is -0.137. The molecule has 0 amide bonds. The Labute approximate surface area is 119 Å². The topological polar surface area (TPSA) is 53.4 Å². The number of rotatable bonds is 6. The lowest BCUT2D eigenvalue weighted by atomic mass is 10.1. The Morgan fingerprint density at radius 1 is 1.47 bits per heavy atom. The number of carboxylic acids is 1. The molecule has 1 heterocycles. The van der Waals surface area contributed by atoms with Crippen molar-refractivity contribution in [3.63, 3.8) is 0 Å². The number of carbonyl (C=O) groups is 1. The van der Waals surface area contributed by atoms with Gasteiger partial charge in [-0.3, -0.25) is 9.69 Å². The minimum Gasteiger partial charge on any atom is -0.481 e. The quantitative estimate of drug-likeness (QED) is 0.870. The van der Waals surface area contributed by atoms with Crippen LogP contribution in [-0.4, -0.2) is 33.0 Å². The van der Waals surface area contributed by atoms with Gasteiger partial charge in [0.25, 0.3) is 0 Å². The zero-order valence-corrected chi connectivity index (χ0v) is 13.3. The molecule has 0 aliphatic carbocycles. The van der Waals surface area contributed by atoms with Gasteiger partial charge in [-0.1, -0.05) is 13.8 Å². The Morgan fingerprint density at radius 3 is 2.53 bits per heavy atom. The van der Waals surface area contributed by atoms with Crippen LogP contribution >= 0.6 is 11.3 Å². The highest BCUT2D eigenvalue weighted by atomic mass is 32.1. The van der Waals surface area contributed by atoms with E-state index in [2.05, 4.69) is 49.9 Å². The van der Waals surface area contributed by atoms with E-state index in [4.69, 9.17) is 5.11 Å². The molecule has 0 saturated carbocycles. The van der Waals surface area contributed by atoms with Crippen molar-refractivity contribution in [1.29, 1.82) is 0 Å². The van der Waals surface area contributed by atoms with Gasteiger partial charge in [0.1, 0.15) is 0 Å². The maximum Gasteiger partial charge on any atom is 0.304 e. The van der Waals surface area contributed by atoms with Crippen molar-refractivity contribution in [2.45, 2.75) is 59.0 Å². The van der Waals surface area contributed by atoms with E-state index in [1.54, 1.807) is 11.3 Å². The van der Waals surface area contributed by atoms with Crippen molar-refractivity contribution in [1.82, 2.24) is 9.88 Å². The monoisotopic (exact) mass is 284 g/mol. The zero-order valence-electron chi connectivity index (χ0n) is 12.4. The van der Waals surface area contributed by atoms with Gasteiger partial charge in [-0.2, -0.15) is 0 Å². The highest BCUT2D eigenvalue weighted by Gasteiger charge is 2.23. The van der Waals surface area contributed by atoms with Gasteiger partial charge in [0, 0.05) is 29.9 Å². The van der Waals surface area contributed by atoms with E-state index in [-0.39, 0.29) is 12.0 Å². The molecule has 0 saturated heterocycles. The average Bonchev–Trinajstić information content (AvgIpc) is 2.70. The van der Waals surface area contributed by atoms with E-state index in [0.717, 1.165) is 10.7 Å². The van der Waals surface area contributed by atoms with Crippen LogP contribution < -0.4 is 0 Å². The number of thiazole rings is 1. The minimum atomic E-state index is -0.754. The first kappa shape index (κ1) is 16.1. The first-order valence-electron chi connectivity index (χ1n) is 6.61. The van der Waals surface area contributed by atoms with Crippen LogP contribution in [0, 0.1) is 0 Å². The summed E-state index contributed by atoms with van der Waals surface area (Å²) in [5, 5.41) is 12.0. The van der Waals surface area contributed by atoms with Gasteiger partial charge in [-0.25, -0.2) is 4.98 Å². The summed E-state index contributed by atoms with van der Waals surface area (Å²) >= 11 is 1.68. The van der Waals surface area contributed by atoms with Gasteiger partial charge in [-0.15, -0.1) is 11.3 Å². The fourth-order valence-electron chi connectivity index (χ4n) is 1.74. The van der Waals surface area contributed by atoms with E-state index in [0.29, 0.717) is 19.0 Å². The molecule has 0 radical (unpaired) electrons. The summed E-state index contributed by atoms with van der Waals surface area (Å²) in [5.41, 5.74) is 0.978. The van der Waals surface area contributed by atoms with Crippen LogP contribution in [0.5, 0.6) is 0 Å². The van der Waals surface area contributed by atoms with Gasteiger partial charge in [0.2, 0.25) is 0 Å². The molecule has 0 unspecified atom stereocenters. The third-order valence-electron chi connectivity index (χ3n) is 2.96. The first-order valence-corrected chi connectivity index (χ1v) is 7.49. The highest BCUT2D eigenvalue weighted by molar-refractivity contribution is 7.09. The molecule has 1 aromatic heterocycles. The summed E-state index contributed by atoms with van der Waals surface area (Å²) in [6.45, 7) is 11.8. The zero-order chi connectivity index (χ0) is 14.6. The molecule has 1 aromatic rings. The molecular weight excluding hydrogens is 260 g/mol. The molecule has 0 aromatic carbocycles. The van der Waals surface area contributed by atoms with Gasteiger partial charge in [0.15, 0.2) is 0 Å². The maximum atomic E-state index is 10.7. The van der Waals surface area contributed by atoms with Gasteiger partial charge in [0.05, 0.1) is 17.1 Å². The molecule has 0 atom stereocenters. The van der Waals surface area contributed by atoms with Crippen molar-refractivity contribution >= 4 is 17.3 Å². The molecular formula is C14H24N2O2S. The van der Waals surface area contributed by atoms with Crippen molar-refractivity contribution in [3.05, 3.63) is 16.1 Å². The van der Waals surface area contributed by atoms with Crippen LogP contribution in [0.25, 0.3) is 0 Å². The van der Waals surface area contributed by atoms with Crippen molar-refractivity contribution in [2.75, 3.05) is 6.54 Å². The van der Waals surface area contributed by atoms with Crippen molar-refractivity contribution in [2.24, 2.45) is 0 Å². The highest BCUT2D eigenvalue weighted by Crippen LogP contribution is 2.22. The summed E-state index contributed by atoms with van der Waals surface area (Å²) in [6.07, 6.45) is 0.165. The summed E-state index contributed by atoms with van der Waals surface area (Å²) in [7, 11) is 0. The normalized spacial score (nSPS) is 12.4. The van der Waals surface area contributed by atoms with E-state index < -0.39 is 5.97 Å². The van der Waals surface area contributed by atoms with Crippen LogP contribution in [-0.2, 0) is 11.3 Å². The first-order chi connectivity index (χ1) is 8.70. The molecule has 5 heteroatoms. The van der Waals surface area contributed by atoms with Gasteiger partial charge in [-0.05, 0) is 20.8 Å². The number of nitrogens with zero attached hydrogens (tertiary/aromatic N) is 2. The molecule has 0 spiro atoms. The number of aliphatic carboxylic acids is 1. The van der Waals surface area contributed by atoms with Crippen molar-refractivity contribution in [3.8, 4) is 0 Å². The Balaban J connectivity index is 2.73. The second-order valence-electron chi connectivity index (χ2n) is 6.07. The van der Waals surface area contributed by atoms with Crippen LogP contribution in [0.1, 0.15) is 57.7 Å². The Kier molecular flexibility index (Phi) is 5.50. The predicted molar refractivity (Wildman–Crippen MR) is 78.6 cm³/mol. The minimum absolute atomic E-state index is 0.0585. The van der Waals surface area contributed by atoms with E-state index in [1.807, 2.05) is 0 Å². The molecule has 1 rings (SSSR count). The lowest BCUT2D eigenvalue weighted by Crippen LogP contribution is -2.42. The fraction of sp³-hybridized carbons (Fsp3) is 0.714. The molecule has 0 bridgehead atoms. The largest absolute Gasteiger partial charge is 0.481 e. The molecule has 0 fully saturated rings. The van der Waals surface area contributed by atoms with E-state index in [9.17, 15) is 4.79 Å². The number of carboxylic acid groups (broad SMARTS) is 1. The molecule has 4 nitrogen and oxygen atoms in total. The third-order valence-corrected chi connectivity index (χ3v) is 4.15. The van der Waals surface area contributed by atoms with E-state index >= 15 is 0 Å². The second kappa shape index (κ2) is 6.48. The Morgan fingerprint density at radius 2 is 2.11 bits per heavy atom. The maximum absolute atomic E-state index is 10.7. The van der Waals surface area contributed by atoms with E-state index in [1.165, 1.54) is 0 Å². The molecule has 108 valence electrons. The summed E-state index contributed by atoms with van der Waals surface area (Å²) in [6, 6.07) is 0. The van der Waals surface area contributed by atoms with Gasteiger partial charge >= 0.3 is 5.97 Å². The fourth-order valence-corrected chi connectivity index (χ4v) is 2.56. The molecule has 0 aliphatic heterocycles. The smallest absolute Gasteiger partial charge is 0.304 e. The SMILES string of the molecule is CC(C)c1nc(CN(CCC(=O)O)C(C)(C)C)cs1. The number of hydrogen-bond acceptors (Lipinski definition) is 4. The average molecular weight is 284 g/mol. The predicted octanol–water partition coefficient (Wildman–Crippen LogP) is 3.34. The van der Waals surface area contributed by atoms with Gasteiger partial charge < -0.3 is 5.11 Å². The molecule has 0 aliphatic rings. The summed E-state index contributed by atoms with van der Waals surface area (Å²) in [5.74, 6) is -0.309. The third kappa shape index (κ3) is 5.28. The van der Waals surface area contributed by atoms with Crippen molar-refractivity contribution < 1.29 is 9.90 Å². The summed E-state index contributed by atoms with van der Waals surface area (Å²) < 4.78 is 0. The molecule has 1 N–H and O–H groups in total. The second-order valence-corrected chi connectivity index (χ2v) is 6.96. The lowest BCUT2D eigenvalue weighted by Gasteiger charge is -2.34. The van der Waals surface area contributed by atoms with Crippen LogP contribution in [0.15, 0.2) is 5.38 Å². The van der Waals surface area contributed by atoms with Crippen LogP contribution in [0.2, 0.25) is 0 Å². The number of hydrogen-bond donors (Lipinski definition) is 1. The van der Waals surface area contributed by atoms with Crippen LogP contribution in [0.3, 0.4) is 0 Å². The van der Waals surface area contributed by atoms with Crippen LogP contribution in [0.4, 0.5) is 0 Å². The number of aromatic nitrogens is 1. The molecule has 19 heavy (non-hydrogen) atoms. The Hall–Kier alpha value is -0.940. The summed E-state index contributed by atoms with van der Waals surface area (Å²) in [4.78, 5) is 17.5. The standard InChI is InChI=1S/C14H24N2O2S/c1-10(2)13-15-11(9-19-13)8-16(14(3,4)5)7-6-12(17)18/h9-10H,6-8H2,1-5H3,(H,17,18).